The summed E-state index contributed by atoms with van der Waals surface area (Å²) in [7, 11) is 1.71. The Bertz CT molecular complexity index is 1330. The van der Waals surface area contributed by atoms with E-state index in [1.165, 1.54) is 16.7 Å². The molecule has 0 spiro atoms. The molecule has 0 aliphatic carbocycles. The summed E-state index contributed by atoms with van der Waals surface area (Å²) in [5.74, 6) is 0.201. The molecule has 2 amide bonds. The van der Waals surface area contributed by atoms with Crippen LogP contribution in [0.4, 0.5) is 0 Å². The van der Waals surface area contributed by atoms with Crippen LogP contribution in [-0.4, -0.2) is 55.5 Å². The van der Waals surface area contributed by atoms with Crippen LogP contribution < -0.4 is 21.1 Å². The van der Waals surface area contributed by atoms with E-state index in [0.717, 1.165) is 24.3 Å². The van der Waals surface area contributed by atoms with E-state index in [2.05, 4.69) is 115 Å². The second-order valence-corrected chi connectivity index (χ2v) is 12.7. The molecule has 6 rings (SSSR count). The molecule has 3 aromatic rings. The molecule has 7 nitrogen and oxygen atoms in total. The van der Waals surface area contributed by atoms with Gasteiger partial charge in [0.1, 0.15) is 5.75 Å². The van der Waals surface area contributed by atoms with Crippen molar-refractivity contribution in [2.24, 2.45) is 17.6 Å². The number of piperidine rings is 3. The lowest BCUT2D eigenvalue weighted by Gasteiger charge is -2.56. The van der Waals surface area contributed by atoms with Crippen LogP contribution >= 0.6 is 0 Å². The first-order valence-corrected chi connectivity index (χ1v) is 15.0. The molecule has 0 saturated carbocycles. The fourth-order valence-electron chi connectivity index (χ4n) is 6.97. The van der Waals surface area contributed by atoms with Crippen molar-refractivity contribution in [1.82, 2.24) is 15.5 Å². The highest BCUT2D eigenvalue weighted by atomic mass is 16.5. The molecule has 3 aromatic carbocycles. The topological polar surface area (TPSA) is 96.7 Å². The van der Waals surface area contributed by atoms with Gasteiger partial charge >= 0.3 is 0 Å². The zero-order valence-corrected chi connectivity index (χ0v) is 25.2. The minimum Gasteiger partial charge on any atom is -0.496 e. The highest BCUT2D eigenvalue weighted by molar-refractivity contribution is 5.85. The first-order chi connectivity index (χ1) is 20.2. The van der Waals surface area contributed by atoms with E-state index in [-0.39, 0.29) is 47.7 Å². The second kappa shape index (κ2) is 12.7. The van der Waals surface area contributed by atoms with Gasteiger partial charge in [-0.15, -0.1) is 0 Å². The average molecular weight is 569 g/mol. The maximum atomic E-state index is 13.4. The number of benzene rings is 3. The number of ether oxygens (including phenoxy) is 1. The lowest BCUT2D eigenvalue weighted by atomic mass is 9.66. The first-order valence-electron chi connectivity index (χ1n) is 15.0. The number of rotatable bonds is 10. The number of nitrogens with one attached hydrogen (secondary N) is 2. The zero-order chi connectivity index (χ0) is 29.9. The molecule has 7 heteroatoms. The molecule has 5 atom stereocenters. The van der Waals surface area contributed by atoms with Crippen LogP contribution in [0.5, 0.6) is 5.75 Å². The maximum absolute atomic E-state index is 13.4. The second-order valence-electron chi connectivity index (χ2n) is 12.7. The molecule has 1 unspecified atom stereocenters. The van der Waals surface area contributed by atoms with Gasteiger partial charge < -0.3 is 21.1 Å². The lowest BCUT2D eigenvalue weighted by molar-refractivity contribution is -0.136. The Labute approximate surface area is 249 Å². The molecule has 222 valence electrons. The fraction of sp³-hybridized carbons (Fsp3) is 0.429. The molecule has 42 heavy (non-hydrogen) atoms. The van der Waals surface area contributed by atoms with Crippen molar-refractivity contribution in [1.29, 1.82) is 0 Å². The third-order valence-corrected chi connectivity index (χ3v) is 9.06. The van der Waals surface area contributed by atoms with Gasteiger partial charge in [-0.25, -0.2) is 0 Å². The standard InChI is InChI=1S/C35H44N4O3/c1-35(2,3)26-15-16-29(42-4)25(19-26)20-37-32-27-17-18-39(22-28(27)34(41)38-21-30(36)40)33(32)31(23-11-7-5-8-12-23)24-13-9-6-10-14-24/h5-16,19,27-28,31-33,37H,17-18,20-22H2,1-4H3,(H2,36,40)(H,38,41)/t27-,28-,32-,33-/m0/s1. The van der Waals surface area contributed by atoms with Crippen molar-refractivity contribution >= 4 is 11.8 Å². The number of hydrogen-bond acceptors (Lipinski definition) is 5. The van der Waals surface area contributed by atoms with Gasteiger partial charge in [0.2, 0.25) is 11.8 Å². The van der Waals surface area contributed by atoms with Gasteiger partial charge in [-0.2, -0.15) is 0 Å². The van der Waals surface area contributed by atoms with Gasteiger partial charge in [-0.05, 0) is 47.1 Å². The number of nitrogens with two attached hydrogens (primary N) is 1. The number of carbonyl (C=O) groups excluding carboxylic acids is 2. The van der Waals surface area contributed by atoms with Gasteiger partial charge in [-0.3, -0.25) is 14.5 Å². The summed E-state index contributed by atoms with van der Waals surface area (Å²) in [5.41, 5.74) is 10.2. The Hall–Kier alpha value is -3.68. The van der Waals surface area contributed by atoms with Crippen LogP contribution in [0, 0.1) is 11.8 Å². The van der Waals surface area contributed by atoms with Crippen LogP contribution in [0.1, 0.15) is 55.4 Å². The minimum absolute atomic E-state index is 0.00842. The molecule has 3 aliphatic rings. The normalized spacial score (nSPS) is 23.5. The highest BCUT2D eigenvalue weighted by Crippen LogP contribution is 2.44. The third-order valence-electron chi connectivity index (χ3n) is 9.06. The van der Waals surface area contributed by atoms with Crippen molar-refractivity contribution in [3.8, 4) is 5.75 Å². The number of amides is 2. The number of fused-ring (bicyclic) bond motifs is 3. The predicted octanol–water partition coefficient (Wildman–Crippen LogP) is 4.20. The van der Waals surface area contributed by atoms with Crippen molar-refractivity contribution in [3.63, 3.8) is 0 Å². The molecule has 2 bridgehead atoms. The maximum Gasteiger partial charge on any atom is 0.236 e. The van der Waals surface area contributed by atoms with E-state index in [9.17, 15) is 9.59 Å². The van der Waals surface area contributed by atoms with E-state index in [1.807, 2.05) is 0 Å². The van der Waals surface area contributed by atoms with Gasteiger partial charge in [0.15, 0.2) is 0 Å². The van der Waals surface area contributed by atoms with E-state index in [1.54, 1.807) is 7.11 Å². The van der Waals surface area contributed by atoms with Gasteiger partial charge in [0, 0.05) is 36.7 Å². The van der Waals surface area contributed by atoms with Gasteiger partial charge in [-0.1, -0.05) is 93.6 Å². The Kier molecular flexibility index (Phi) is 8.99. The predicted molar refractivity (Wildman–Crippen MR) is 166 cm³/mol. The molecule has 3 heterocycles. The fourth-order valence-corrected chi connectivity index (χ4v) is 6.97. The van der Waals surface area contributed by atoms with E-state index >= 15 is 0 Å². The summed E-state index contributed by atoms with van der Waals surface area (Å²) in [5, 5.41) is 6.74. The van der Waals surface area contributed by atoms with Crippen molar-refractivity contribution < 1.29 is 14.3 Å². The number of methoxy groups -OCH3 is 1. The number of hydrogen-bond donors (Lipinski definition) is 3. The Balaban J connectivity index is 1.53. The van der Waals surface area contributed by atoms with E-state index in [4.69, 9.17) is 10.5 Å². The zero-order valence-electron chi connectivity index (χ0n) is 25.2. The average Bonchev–Trinajstić information content (AvgIpc) is 3.00. The van der Waals surface area contributed by atoms with Crippen molar-refractivity contribution in [2.45, 2.75) is 57.2 Å². The number of primary amides is 1. The quantitative estimate of drug-likeness (QED) is 0.341. The van der Waals surface area contributed by atoms with Gasteiger partial charge in [0.05, 0.1) is 19.6 Å². The van der Waals surface area contributed by atoms with Crippen LogP contribution in [0.3, 0.4) is 0 Å². The van der Waals surface area contributed by atoms with Crippen LogP contribution in [0.15, 0.2) is 78.9 Å². The third kappa shape index (κ3) is 6.37. The van der Waals surface area contributed by atoms with E-state index in [0.29, 0.717) is 13.1 Å². The molecule has 0 radical (unpaired) electrons. The Morgan fingerprint density at radius 1 is 1.00 bits per heavy atom. The summed E-state index contributed by atoms with van der Waals surface area (Å²) < 4.78 is 5.78. The molecular formula is C35H44N4O3. The summed E-state index contributed by atoms with van der Waals surface area (Å²) >= 11 is 0. The van der Waals surface area contributed by atoms with Crippen LogP contribution in [0.2, 0.25) is 0 Å². The smallest absolute Gasteiger partial charge is 0.236 e. The van der Waals surface area contributed by atoms with E-state index < -0.39 is 5.91 Å². The monoisotopic (exact) mass is 568 g/mol. The first kappa shape index (κ1) is 29.8. The highest BCUT2D eigenvalue weighted by Gasteiger charge is 2.52. The summed E-state index contributed by atoms with van der Waals surface area (Å²) in [6.45, 7) is 8.70. The SMILES string of the molecule is COc1ccc(C(C)(C)C)cc1CN[C@H]1[C@H]2CCN(C[C@@H]2C(=O)NCC(N)=O)[C@H]1C(c1ccccc1)c1ccccc1. The lowest BCUT2D eigenvalue weighted by Crippen LogP contribution is -2.69. The Morgan fingerprint density at radius 2 is 1.64 bits per heavy atom. The van der Waals surface area contributed by atoms with Crippen LogP contribution in [-0.2, 0) is 21.5 Å². The minimum atomic E-state index is -0.531. The molecule has 3 aliphatic heterocycles. The molecule has 3 saturated heterocycles. The van der Waals surface area contributed by atoms with Crippen molar-refractivity contribution in [2.75, 3.05) is 26.7 Å². The largest absolute Gasteiger partial charge is 0.496 e. The molecular weight excluding hydrogens is 524 g/mol. The van der Waals surface area contributed by atoms with Gasteiger partial charge in [0.25, 0.3) is 0 Å². The van der Waals surface area contributed by atoms with Crippen molar-refractivity contribution in [3.05, 3.63) is 101 Å². The number of carbonyl (C=O) groups is 2. The number of nitrogens with zero attached hydrogens (tertiary/aromatic N) is 1. The summed E-state index contributed by atoms with van der Waals surface area (Å²) in [4.78, 5) is 27.3. The molecule has 4 N–H and O–H groups in total. The Morgan fingerprint density at radius 3 is 2.21 bits per heavy atom. The van der Waals surface area contributed by atoms with Crippen LogP contribution in [0.25, 0.3) is 0 Å². The summed E-state index contributed by atoms with van der Waals surface area (Å²) in [6.07, 6.45) is 0.901. The molecule has 3 fully saturated rings. The summed E-state index contributed by atoms with van der Waals surface area (Å²) in [6, 6.07) is 28.0. The molecule has 0 aromatic heterocycles.